The highest BCUT2D eigenvalue weighted by atomic mass is 32.3. The molecule has 45 heavy (non-hydrogen) atoms. The third-order valence-corrected chi connectivity index (χ3v) is 5.88. The van der Waals surface area contributed by atoms with Gasteiger partial charge in [0.05, 0.1) is 0 Å². The van der Waals surface area contributed by atoms with Gasteiger partial charge in [0.2, 0.25) is 29.5 Å². The molecule has 0 aromatic carbocycles. The Labute approximate surface area is 265 Å². The van der Waals surface area contributed by atoms with Gasteiger partial charge in [-0.1, -0.05) is 13.8 Å². The number of unbranched alkanes of at least 4 members (excludes halogenated alkanes) is 6. The zero-order valence-electron chi connectivity index (χ0n) is 25.4. The molecule has 0 aromatic rings. The molecule has 0 aliphatic heterocycles. The van der Waals surface area contributed by atoms with Gasteiger partial charge in [-0.05, 0) is 57.9 Å². The van der Waals surface area contributed by atoms with E-state index in [2.05, 4.69) is 10.6 Å². The van der Waals surface area contributed by atoms with Crippen LogP contribution in [0.25, 0.3) is 0 Å². The van der Waals surface area contributed by atoms with E-state index in [1.54, 1.807) is 0 Å². The SMILES string of the molecule is C.CC(=O)N(O)CCCCCNC(=O)CCC(=O)N(O)CCCCCNC(=O)CCC(=O)N(O)CCCCCN.O=S(=O)(O)O. The zero-order valence-corrected chi connectivity index (χ0v) is 26.2. The van der Waals surface area contributed by atoms with Gasteiger partial charge in [-0.25, -0.2) is 15.2 Å². The van der Waals surface area contributed by atoms with Crippen molar-refractivity contribution in [3.8, 4) is 0 Å². The minimum Gasteiger partial charge on any atom is -0.356 e. The van der Waals surface area contributed by atoms with Crippen LogP contribution in [0.5, 0.6) is 0 Å². The summed E-state index contributed by atoms with van der Waals surface area (Å²) in [4.78, 5) is 58.4. The van der Waals surface area contributed by atoms with Gasteiger partial charge in [-0.2, -0.15) is 8.42 Å². The van der Waals surface area contributed by atoms with Crippen LogP contribution in [-0.2, 0) is 34.4 Å². The highest BCUT2D eigenvalue weighted by Gasteiger charge is 2.14. The van der Waals surface area contributed by atoms with Gasteiger partial charge in [0, 0.05) is 65.3 Å². The summed E-state index contributed by atoms with van der Waals surface area (Å²) in [6.07, 6.45) is 5.84. The molecule has 266 valence electrons. The fourth-order valence-corrected chi connectivity index (χ4v) is 3.45. The van der Waals surface area contributed by atoms with E-state index in [0.29, 0.717) is 73.3 Å². The van der Waals surface area contributed by atoms with Gasteiger partial charge in [-0.3, -0.25) is 48.7 Å². The minimum absolute atomic E-state index is 0. The molecule has 0 saturated carbocycles. The second-order valence-electron chi connectivity index (χ2n) is 9.79. The number of carbonyl (C=O) groups is 5. The van der Waals surface area contributed by atoms with Crippen LogP contribution in [0.3, 0.4) is 0 Å². The Hall–Kier alpha value is -2.94. The fraction of sp³-hybridized carbons (Fsp3) is 0.808. The van der Waals surface area contributed by atoms with Crippen LogP contribution < -0.4 is 16.4 Å². The molecule has 0 fully saturated rings. The number of hydrogen-bond donors (Lipinski definition) is 8. The molecule has 0 aliphatic rings. The second kappa shape index (κ2) is 28.5. The standard InChI is InChI=1S/C25H48N6O8.CH4.H2O4S/c1-21(32)29(37)18-9-3-6-16-27-22(33)12-14-25(36)31(39)20-10-4-7-17-28-23(34)11-13-24(35)30(38)19-8-2-5-15-26;;1-5(2,3)4/h37-39H,2-20,26H2,1H3,(H,27,33)(H,28,34);1H4;(H2,1,2,3,4). The lowest BCUT2D eigenvalue weighted by atomic mass is 10.2. The van der Waals surface area contributed by atoms with Gasteiger partial charge in [0.25, 0.3) is 0 Å². The van der Waals surface area contributed by atoms with Crippen molar-refractivity contribution in [1.82, 2.24) is 25.8 Å². The van der Waals surface area contributed by atoms with Crippen LogP contribution in [0.15, 0.2) is 0 Å². The Morgan fingerprint density at radius 3 is 1.27 bits per heavy atom. The highest BCUT2D eigenvalue weighted by Crippen LogP contribution is 2.03. The van der Waals surface area contributed by atoms with E-state index in [4.69, 9.17) is 23.3 Å². The summed E-state index contributed by atoms with van der Waals surface area (Å²) in [6, 6.07) is 0. The summed E-state index contributed by atoms with van der Waals surface area (Å²) in [5.41, 5.74) is 5.39. The molecule has 18 nitrogen and oxygen atoms in total. The van der Waals surface area contributed by atoms with Crippen LogP contribution in [-0.4, -0.2) is 117 Å². The molecule has 5 amide bonds. The molecule has 0 bridgehead atoms. The van der Waals surface area contributed by atoms with Crippen LogP contribution in [0.4, 0.5) is 0 Å². The van der Waals surface area contributed by atoms with Crippen molar-refractivity contribution in [2.75, 3.05) is 39.3 Å². The van der Waals surface area contributed by atoms with Gasteiger partial charge in [0.15, 0.2) is 0 Å². The van der Waals surface area contributed by atoms with E-state index < -0.39 is 28.1 Å². The molecule has 0 saturated heterocycles. The Bertz CT molecular complexity index is 947. The van der Waals surface area contributed by atoms with Crippen molar-refractivity contribution >= 4 is 39.9 Å². The number of rotatable bonds is 23. The Balaban J connectivity index is -0.00000270. The molecular weight excluding hydrogens is 620 g/mol. The first-order chi connectivity index (χ1) is 20.6. The smallest absolute Gasteiger partial charge is 0.356 e. The minimum atomic E-state index is -4.67. The Morgan fingerprint density at radius 2 is 0.933 bits per heavy atom. The van der Waals surface area contributed by atoms with Crippen molar-refractivity contribution in [2.24, 2.45) is 5.73 Å². The van der Waals surface area contributed by atoms with E-state index in [-0.39, 0.29) is 64.6 Å². The van der Waals surface area contributed by atoms with Gasteiger partial charge >= 0.3 is 10.4 Å². The molecule has 0 aromatic heterocycles. The maximum absolute atomic E-state index is 12.0. The highest BCUT2D eigenvalue weighted by molar-refractivity contribution is 7.79. The number of nitrogens with zero attached hydrogens (tertiary/aromatic N) is 3. The van der Waals surface area contributed by atoms with Gasteiger partial charge in [0.1, 0.15) is 0 Å². The average Bonchev–Trinajstić information content (AvgIpc) is 2.94. The van der Waals surface area contributed by atoms with Crippen molar-refractivity contribution in [1.29, 1.82) is 0 Å². The molecule has 19 heteroatoms. The second-order valence-corrected chi connectivity index (χ2v) is 10.7. The molecule has 0 atom stereocenters. The molecule has 0 heterocycles. The first kappa shape index (κ1) is 46.5. The predicted molar refractivity (Wildman–Crippen MR) is 162 cm³/mol. The first-order valence-corrected chi connectivity index (χ1v) is 15.9. The quantitative estimate of drug-likeness (QED) is 0.0324. The molecule has 0 aliphatic carbocycles. The zero-order chi connectivity index (χ0) is 34.0. The van der Waals surface area contributed by atoms with Crippen LogP contribution in [0, 0.1) is 0 Å². The molecule has 0 radical (unpaired) electrons. The maximum Gasteiger partial charge on any atom is 0.394 e. The van der Waals surface area contributed by atoms with E-state index >= 15 is 0 Å². The van der Waals surface area contributed by atoms with E-state index in [0.717, 1.165) is 19.3 Å². The third-order valence-electron chi connectivity index (χ3n) is 5.88. The predicted octanol–water partition coefficient (Wildman–Crippen LogP) is 0.905. The lowest BCUT2D eigenvalue weighted by Crippen LogP contribution is -2.31. The Morgan fingerprint density at radius 1 is 0.600 bits per heavy atom. The average molecular weight is 675 g/mol. The fourth-order valence-electron chi connectivity index (χ4n) is 3.45. The summed E-state index contributed by atoms with van der Waals surface area (Å²) in [5.74, 6) is -2.05. The topological polar surface area (TPSA) is 280 Å². The third kappa shape index (κ3) is 33.8. The summed E-state index contributed by atoms with van der Waals surface area (Å²) in [7, 11) is -4.67. The van der Waals surface area contributed by atoms with E-state index in [1.807, 2.05) is 0 Å². The molecule has 9 N–H and O–H groups in total. The summed E-state index contributed by atoms with van der Waals surface area (Å²) in [6.45, 7) is 3.22. The number of hydrogen-bond acceptors (Lipinski definition) is 11. The largest absolute Gasteiger partial charge is 0.394 e. The molecule has 0 unspecified atom stereocenters. The normalized spacial score (nSPS) is 10.5. The van der Waals surface area contributed by atoms with Crippen molar-refractivity contribution < 1.29 is 57.1 Å². The monoisotopic (exact) mass is 674 g/mol. The number of hydroxylamine groups is 6. The summed E-state index contributed by atoms with van der Waals surface area (Å²) in [5, 5.41) is 36.1. The Kier molecular flexibility index (Phi) is 29.5. The number of nitrogens with one attached hydrogen (secondary N) is 2. The van der Waals surface area contributed by atoms with Crippen molar-refractivity contribution in [3.63, 3.8) is 0 Å². The van der Waals surface area contributed by atoms with Crippen molar-refractivity contribution in [2.45, 2.75) is 97.8 Å². The van der Waals surface area contributed by atoms with Gasteiger partial charge in [-0.15, -0.1) is 0 Å². The molecule has 0 rings (SSSR count). The number of nitrogens with two attached hydrogens (primary N) is 1. The van der Waals surface area contributed by atoms with Gasteiger partial charge < -0.3 is 16.4 Å². The molecular formula is C26H54N6O12S. The number of amides is 5. The van der Waals surface area contributed by atoms with Crippen LogP contribution in [0.1, 0.15) is 97.8 Å². The maximum atomic E-state index is 12.0. The summed E-state index contributed by atoms with van der Waals surface area (Å²) < 4.78 is 31.6. The van der Waals surface area contributed by atoms with Crippen LogP contribution in [0.2, 0.25) is 0 Å². The van der Waals surface area contributed by atoms with E-state index in [9.17, 15) is 39.6 Å². The lowest BCUT2D eigenvalue weighted by molar-refractivity contribution is -0.166. The lowest BCUT2D eigenvalue weighted by Gasteiger charge is -2.15. The first-order valence-electron chi connectivity index (χ1n) is 14.5. The summed E-state index contributed by atoms with van der Waals surface area (Å²) >= 11 is 0. The van der Waals surface area contributed by atoms with E-state index in [1.165, 1.54) is 6.92 Å². The number of carbonyl (C=O) groups excluding carboxylic acids is 5. The molecule has 0 spiro atoms. The van der Waals surface area contributed by atoms with Crippen molar-refractivity contribution in [3.05, 3.63) is 0 Å². The van der Waals surface area contributed by atoms with Crippen LogP contribution >= 0.6 is 0 Å².